The lowest BCUT2D eigenvalue weighted by Gasteiger charge is -2.30. The fraction of sp³-hybridized carbons (Fsp3) is 0.571. The average molecular weight is 221 g/mol. The van der Waals surface area contributed by atoms with Crippen molar-refractivity contribution >= 4 is 0 Å². The predicted molar refractivity (Wildman–Crippen MR) is 65.1 cm³/mol. The molecule has 0 radical (unpaired) electrons. The topological polar surface area (TPSA) is 12.0 Å². The molecular weight excluding hydrogens is 201 g/mol. The minimum atomic E-state index is -0.139. The SMILES string of the molecule is CCNCC1(c2ccc(F)cc2)CCCC1. The highest BCUT2D eigenvalue weighted by Gasteiger charge is 2.34. The van der Waals surface area contributed by atoms with Crippen molar-refractivity contribution in [2.45, 2.75) is 38.0 Å². The number of benzene rings is 1. The van der Waals surface area contributed by atoms with E-state index >= 15 is 0 Å². The fourth-order valence-electron chi connectivity index (χ4n) is 2.79. The second-order valence-electron chi connectivity index (χ2n) is 4.77. The van der Waals surface area contributed by atoms with Crippen LogP contribution in [0.3, 0.4) is 0 Å². The van der Waals surface area contributed by atoms with Gasteiger partial charge < -0.3 is 5.32 Å². The van der Waals surface area contributed by atoms with Gasteiger partial charge in [0.15, 0.2) is 0 Å². The number of hydrogen-bond donors (Lipinski definition) is 1. The Morgan fingerprint density at radius 1 is 1.19 bits per heavy atom. The van der Waals surface area contributed by atoms with Crippen LogP contribution in [0.5, 0.6) is 0 Å². The van der Waals surface area contributed by atoms with E-state index in [0.29, 0.717) is 0 Å². The van der Waals surface area contributed by atoms with Gasteiger partial charge in [0.25, 0.3) is 0 Å². The van der Waals surface area contributed by atoms with Gasteiger partial charge in [-0.3, -0.25) is 0 Å². The Balaban J connectivity index is 2.21. The van der Waals surface area contributed by atoms with Crippen molar-refractivity contribution < 1.29 is 4.39 Å². The van der Waals surface area contributed by atoms with Crippen molar-refractivity contribution in [3.8, 4) is 0 Å². The van der Waals surface area contributed by atoms with Crippen LogP contribution in [-0.2, 0) is 5.41 Å². The molecule has 88 valence electrons. The van der Waals surface area contributed by atoms with E-state index in [4.69, 9.17) is 0 Å². The first-order valence-electron chi connectivity index (χ1n) is 6.24. The molecule has 1 nitrogen and oxygen atoms in total. The Labute approximate surface area is 97.1 Å². The van der Waals surface area contributed by atoms with Crippen molar-refractivity contribution in [3.63, 3.8) is 0 Å². The quantitative estimate of drug-likeness (QED) is 0.823. The van der Waals surface area contributed by atoms with Gasteiger partial charge in [-0.05, 0) is 37.1 Å². The first kappa shape index (κ1) is 11.6. The van der Waals surface area contributed by atoms with Crippen LogP contribution < -0.4 is 5.32 Å². The third kappa shape index (κ3) is 2.27. The van der Waals surface area contributed by atoms with Crippen LogP contribution in [-0.4, -0.2) is 13.1 Å². The maximum Gasteiger partial charge on any atom is 0.123 e. The van der Waals surface area contributed by atoms with Gasteiger partial charge in [0, 0.05) is 12.0 Å². The summed E-state index contributed by atoms with van der Waals surface area (Å²) in [5.74, 6) is -0.139. The fourth-order valence-corrected chi connectivity index (χ4v) is 2.79. The van der Waals surface area contributed by atoms with Gasteiger partial charge in [0.2, 0.25) is 0 Å². The highest BCUT2D eigenvalue weighted by Crippen LogP contribution is 2.40. The molecule has 0 heterocycles. The van der Waals surface area contributed by atoms with Crippen LogP contribution in [0.15, 0.2) is 24.3 Å². The maximum absolute atomic E-state index is 12.9. The molecule has 0 aromatic heterocycles. The third-order valence-corrected chi connectivity index (χ3v) is 3.73. The van der Waals surface area contributed by atoms with Gasteiger partial charge >= 0.3 is 0 Å². The second kappa shape index (κ2) is 4.96. The molecule has 1 fully saturated rings. The standard InChI is InChI=1S/C14H20FN/c1-2-16-11-14(9-3-4-10-14)12-5-7-13(15)8-6-12/h5-8,16H,2-4,9-11H2,1H3. The molecule has 1 aliphatic carbocycles. The molecule has 1 N–H and O–H groups in total. The summed E-state index contributed by atoms with van der Waals surface area (Å²) in [5.41, 5.74) is 1.55. The lowest BCUT2D eigenvalue weighted by molar-refractivity contribution is 0.409. The molecule has 0 unspecified atom stereocenters. The zero-order valence-corrected chi connectivity index (χ0v) is 9.93. The smallest absolute Gasteiger partial charge is 0.123 e. The molecule has 0 saturated heterocycles. The number of likely N-dealkylation sites (N-methyl/N-ethyl adjacent to an activating group) is 1. The van der Waals surface area contributed by atoms with E-state index in [1.807, 2.05) is 12.1 Å². The number of halogens is 1. The predicted octanol–water partition coefficient (Wildman–Crippen LogP) is 3.25. The summed E-state index contributed by atoms with van der Waals surface area (Å²) >= 11 is 0. The van der Waals surface area contributed by atoms with Gasteiger partial charge in [-0.2, -0.15) is 0 Å². The summed E-state index contributed by atoms with van der Waals surface area (Å²) in [4.78, 5) is 0. The Morgan fingerprint density at radius 2 is 1.81 bits per heavy atom. The largest absolute Gasteiger partial charge is 0.316 e. The van der Waals surface area contributed by atoms with E-state index in [1.165, 1.54) is 31.2 Å². The highest BCUT2D eigenvalue weighted by atomic mass is 19.1. The first-order chi connectivity index (χ1) is 7.77. The van der Waals surface area contributed by atoms with E-state index in [2.05, 4.69) is 12.2 Å². The molecule has 1 aromatic rings. The normalized spacial score (nSPS) is 18.9. The summed E-state index contributed by atoms with van der Waals surface area (Å²) in [6.07, 6.45) is 5.04. The highest BCUT2D eigenvalue weighted by molar-refractivity contribution is 5.27. The van der Waals surface area contributed by atoms with E-state index in [1.54, 1.807) is 12.1 Å². The molecule has 1 aromatic carbocycles. The first-order valence-corrected chi connectivity index (χ1v) is 6.24. The van der Waals surface area contributed by atoms with Crippen molar-refractivity contribution in [2.24, 2.45) is 0 Å². The summed E-state index contributed by atoms with van der Waals surface area (Å²) in [6.45, 7) is 4.16. The average Bonchev–Trinajstić information content (AvgIpc) is 2.77. The monoisotopic (exact) mass is 221 g/mol. The van der Waals surface area contributed by atoms with Crippen LogP contribution in [0, 0.1) is 5.82 Å². The Hall–Kier alpha value is -0.890. The molecule has 16 heavy (non-hydrogen) atoms. The zero-order chi connectivity index (χ0) is 11.4. The zero-order valence-electron chi connectivity index (χ0n) is 9.93. The van der Waals surface area contributed by atoms with Crippen LogP contribution >= 0.6 is 0 Å². The third-order valence-electron chi connectivity index (χ3n) is 3.73. The molecule has 1 aliphatic rings. The van der Waals surface area contributed by atoms with Crippen LogP contribution in [0.1, 0.15) is 38.2 Å². The lowest BCUT2D eigenvalue weighted by Crippen LogP contribution is -2.35. The van der Waals surface area contributed by atoms with E-state index in [-0.39, 0.29) is 11.2 Å². The maximum atomic E-state index is 12.9. The van der Waals surface area contributed by atoms with Crippen LogP contribution in [0.4, 0.5) is 4.39 Å². The van der Waals surface area contributed by atoms with Gasteiger partial charge in [-0.25, -0.2) is 4.39 Å². The molecule has 0 atom stereocenters. The van der Waals surface area contributed by atoms with Crippen molar-refractivity contribution in [3.05, 3.63) is 35.6 Å². The van der Waals surface area contributed by atoms with Gasteiger partial charge in [-0.1, -0.05) is 31.9 Å². The van der Waals surface area contributed by atoms with E-state index < -0.39 is 0 Å². The van der Waals surface area contributed by atoms with Gasteiger partial charge in [-0.15, -0.1) is 0 Å². The summed E-state index contributed by atoms with van der Waals surface area (Å²) in [7, 11) is 0. The van der Waals surface area contributed by atoms with E-state index in [0.717, 1.165) is 13.1 Å². The molecular formula is C14H20FN. The molecule has 2 heteroatoms. The van der Waals surface area contributed by atoms with Crippen LogP contribution in [0.2, 0.25) is 0 Å². The molecule has 0 spiro atoms. The molecule has 0 aliphatic heterocycles. The summed E-state index contributed by atoms with van der Waals surface area (Å²) in [5, 5.41) is 3.45. The van der Waals surface area contributed by atoms with Gasteiger partial charge in [0.05, 0.1) is 0 Å². The number of nitrogens with one attached hydrogen (secondary N) is 1. The Kier molecular flexibility index (Phi) is 3.59. The second-order valence-corrected chi connectivity index (χ2v) is 4.77. The summed E-state index contributed by atoms with van der Waals surface area (Å²) < 4.78 is 12.9. The van der Waals surface area contributed by atoms with Crippen LogP contribution in [0.25, 0.3) is 0 Å². The van der Waals surface area contributed by atoms with Crippen molar-refractivity contribution in [1.82, 2.24) is 5.32 Å². The molecule has 1 saturated carbocycles. The Morgan fingerprint density at radius 3 is 2.38 bits per heavy atom. The number of rotatable bonds is 4. The van der Waals surface area contributed by atoms with Crippen molar-refractivity contribution in [2.75, 3.05) is 13.1 Å². The minimum Gasteiger partial charge on any atom is -0.316 e. The minimum absolute atomic E-state index is 0.139. The molecule has 0 amide bonds. The van der Waals surface area contributed by atoms with Gasteiger partial charge in [0.1, 0.15) is 5.82 Å². The summed E-state index contributed by atoms with van der Waals surface area (Å²) in [6, 6.07) is 7.08. The van der Waals surface area contributed by atoms with E-state index in [9.17, 15) is 4.39 Å². The Bertz CT molecular complexity index is 325. The number of hydrogen-bond acceptors (Lipinski definition) is 1. The lowest BCUT2D eigenvalue weighted by atomic mass is 9.79. The van der Waals surface area contributed by atoms with Crippen molar-refractivity contribution in [1.29, 1.82) is 0 Å². The molecule has 2 rings (SSSR count). The molecule has 0 bridgehead atoms.